The van der Waals surface area contributed by atoms with Crippen molar-refractivity contribution in [2.75, 3.05) is 31.8 Å². The number of anilines is 1. The van der Waals surface area contributed by atoms with Gasteiger partial charge in [0, 0.05) is 32.3 Å². The van der Waals surface area contributed by atoms with Gasteiger partial charge in [-0.1, -0.05) is 53.5 Å². The van der Waals surface area contributed by atoms with Gasteiger partial charge in [-0.25, -0.2) is 0 Å². The summed E-state index contributed by atoms with van der Waals surface area (Å²) in [5, 5.41) is 2.82. The van der Waals surface area contributed by atoms with Crippen LogP contribution in [0.2, 0.25) is 0 Å². The Labute approximate surface area is 208 Å². The van der Waals surface area contributed by atoms with Gasteiger partial charge in [0.15, 0.2) is 4.84 Å². The smallest absolute Gasteiger partial charge is 0.256 e. The number of rotatable bonds is 13. The predicted octanol–water partition coefficient (Wildman–Crippen LogP) is 3.89. The van der Waals surface area contributed by atoms with E-state index in [4.69, 9.17) is 38.4 Å². The number of carbonyl (C=O) groups excluding carboxylic acids is 2. The van der Waals surface area contributed by atoms with E-state index in [1.54, 1.807) is 19.2 Å². The first-order chi connectivity index (χ1) is 15.8. The molecular weight excluding hydrogens is 485 g/mol. The van der Waals surface area contributed by atoms with Crippen molar-refractivity contribution in [3.63, 3.8) is 0 Å². The van der Waals surface area contributed by atoms with Gasteiger partial charge in [-0.05, 0) is 36.1 Å². The Balaban J connectivity index is 1.91. The fourth-order valence-electron chi connectivity index (χ4n) is 2.91. The summed E-state index contributed by atoms with van der Waals surface area (Å²) < 4.78 is 10.9. The minimum absolute atomic E-state index is 0.251. The molecule has 7 nitrogen and oxygen atoms in total. The fraction of sp³-hybridized carbons (Fsp3) is 0.391. The number of benzene rings is 2. The van der Waals surface area contributed by atoms with E-state index in [1.165, 1.54) is 16.7 Å². The van der Waals surface area contributed by atoms with Crippen LogP contribution >= 0.6 is 35.0 Å². The van der Waals surface area contributed by atoms with Crippen LogP contribution in [0, 0.1) is 0 Å². The molecule has 0 aliphatic heterocycles. The molecule has 2 aromatic carbocycles. The molecule has 0 aliphatic rings. The third kappa shape index (κ3) is 9.43. The number of carbonyl (C=O) groups is 2. The minimum atomic E-state index is -1.14. The Morgan fingerprint density at radius 3 is 2.36 bits per heavy atom. The maximum Gasteiger partial charge on any atom is 0.256 e. The van der Waals surface area contributed by atoms with Crippen LogP contribution in [0.4, 0.5) is 5.69 Å². The summed E-state index contributed by atoms with van der Waals surface area (Å²) in [6.07, 6.45) is 2.27. The summed E-state index contributed by atoms with van der Waals surface area (Å²) in [5.74, 6) is 0.0371. The number of hydrogen-bond acceptors (Lipinski definition) is 6. The monoisotopic (exact) mass is 513 g/mol. The molecule has 0 bridgehead atoms. The van der Waals surface area contributed by atoms with Gasteiger partial charge in [-0.2, -0.15) is 0 Å². The van der Waals surface area contributed by atoms with Crippen molar-refractivity contribution in [3.8, 4) is 5.75 Å². The van der Waals surface area contributed by atoms with Gasteiger partial charge < -0.3 is 25.4 Å². The largest absolute Gasteiger partial charge is 0.480 e. The lowest BCUT2D eigenvalue weighted by molar-refractivity contribution is -0.130. The van der Waals surface area contributed by atoms with E-state index in [-0.39, 0.29) is 17.3 Å². The zero-order chi connectivity index (χ0) is 24.2. The van der Waals surface area contributed by atoms with Gasteiger partial charge >= 0.3 is 0 Å². The highest BCUT2D eigenvalue weighted by atomic mass is 35.5. The molecule has 0 spiro atoms. The third-order valence-electron chi connectivity index (χ3n) is 4.72. The lowest BCUT2D eigenvalue weighted by atomic mass is 10.1. The Morgan fingerprint density at radius 1 is 1.12 bits per heavy atom. The Bertz CT molecular complexity index is 872. The highest BCUT2D eigenvalue weighted by Gasteiger charge is 2.22. The van der Waals surface area contributed by atoms with Crippen molar-refractivity contribution >= 4 is 52.5 Å². The SMILES string of the molecule is COCCN(Cc1ccc(NC(=O)[C@@H](N)CC(Oc2ccccc2)SC)cc1)C(=O)C(Cl)Cl. The maximum atomic E-state index is 12.6. The van der Waals surface area contributed by atoms with Crippen LogP contribution in [0.15, 0.2) is 54.6 Å². The summed E-state index contributed by atoms with van der Waals surface area (Å²) >= 11 is 13.0. The first kappa shape index (κ1) is 27.3. The molecule has 0 aliphatic carbocycles. The molecule has 0 heterocycles. The molecule has 0 fully saturated rings. The van der Waals surface area contributed by atoms with Crippen LogP contribution in [-0.4, -0.2) is 59.5 Å². The van der Waals surface area contributed by atoms with Gasteiger partial charge in [0.05, 0.1) is 12.6 Å². The van der Waals surface area contributed by atoms with Gasteiger partial charge in [0.2, 0.25) is 5.91 Å². The molecular formula is C23H29Cl2N3O4S. The van der Waals surface area contributed by atoms with Crippen LogP contribution in [0.1, 0.15) is 12.0 Å². The van der Waals surface area contributed by atoms with E-state index in [0.29, 0.717) is 31.8 Å². The molecule has 0 aromatic heterocycles. The van der Waals surface area contributed by atoms with E-state index in [2.05, 4.69) is 5.32 Å². The number of thioether (sulfide) groups is 1. The highest BCUT2D eigenvalue weighted by Crippen LogP contribution is 2.20. The molecule has 0 saturated heterocycles. The molecule has 33 heavy (non-hydrogen) atoms. The van der Waals surface area contributed by atoms with Crippen molar-refractivity contribution in [1.82, 2.24) is 4.90 Å². The standard InChI is InChI=1S/C23H29Cl2N3O4S/c1-31-13-12-28(23(30)21(24)25)15-16-8-10-17(11-9-16)27-22(29)19(26)14-20(33-2)32-18-6-4-3-5-7-18/h3-11,19-21H,12-15,26H2,1-2H3,(H,27,29)/t19-,20?/m0/s1. The maximum absolute atomic E-state index is 12.6. The van der Waals surface area contributed by atoms with E-state index in [1.807, 2.05) is 48.7 Å². The van der Waals surface area contributed by atoms with Crippen LogP contribution in [0.5, 0.6) is 5.75 Å². The second-order valence-electron chi connectivity index (χ2n) is 7.18. The zero-order valence-corrected chi connectivity index (χ0v) is 20.9. The van der Waals surface area contributed by atoms with E-state index in [0.717, 1.165) is 11.3 Å². The number of amides is 2. The van der Waals surface area contributed by atoms with Crippen molar-refractivity contribution in [2.45, 2.75) is 29.3 Å². The Hall–Kier alpha value is -1.97. The highest BCUT2D eigenvalue weighted by molar-refractivity contribution is 7.99. The Kier molecular flexibility index (Phi) is 11.8. The number of para-hydroxylation sites is 1. The topological polar surface area (TPSA) is 93.9 Å². The van der Waals surface area contributed by atoms with E-state index < -0.39 is 10.9 Å². The number of alkyl halides is 2. The zero-order valence-electron chi connectivity index (χ0n) is 18.6. The molecule has 2 atom stereocenters. The molecule has 2 rings (SSSR count). The van der Waals surface area contributed by atoms with Gasteiger partial charge in [-0.15, -0.1) is 11.8 Å². The quantitative estimate of drug-likeness (QED) is 0.311. The lowest BCUT2D eigenvalue weighted by Gasteiger charge is -2.23. The first-order valence-electron chi connectivity index (χ1n) is 10.3. The second-order valence-corrected chi connectivity index (χ2v) is 9.27. The van der Waals surface area contributed by atoms with E-state index in [9.17, 15) is 9.59 Å². The molecule has 0 radical (unpaired) electrons. The average molecular weight is 514 g/mol. The summed E-state index contributed by atoms with van der Waals surface area (Å²) in [6, 6.07) is 15.8. The van der Waals surface area contributed by atoms with Crippen molar-refractivity contribution in [2.24, 2.45) is 5.73 Å². The van der Waals surface area contributed by atoms with Crippen molar-refractivity contribution in [3.05, 3.63) is 60.2 Å². The number of ether oxygens (including phenoxy) is 2. The third-order valence-corrected chi connectivity index (χ3v) is 5.90. The summed E-state index contributed by atoms with van der Waals surface area (Å²) in [5.41, 5.74) is 7.32. The summed E-state index contributed by atoms with van der Waals surface area (Å²) in [7, 11) is 1.55. The number of nitrogens with zero attached hydrogens (tertiary/aromatic N) is 1. The molecule has 180 valence electrons. The average Bonchev–Trinajstić information content (AvgIpc) is 2.82. The number of nitrogens with two attached hydrogens (primary N) is 1. The summed E-state index contributed by atoms with van der Waals surface area (Å²) in [4.78, 5) is 25.1. The minimum Gasteiger partial charge on any atom is -0.480 e. The molecule has 10 heteroatoms. The van der Waals surface area contributed by atoms with Crippen LogP contribution in [0.3, 0.4) is 0 Å². The molecule has 1 unspecified atom stereocenters. The van der Waals surface area contributed by atoms with Gasteiger partial charge in [0.1, 0.15) is 11.2 Å². The normalized spacial score (nSPS) is 12.8. The number of nitrogens with one attached hydrogen (secondary N) is 1. The molecule has 0 saturated carbocycles. The van der Waals surface area contributed by atoms with Crippen LogP contribution in [0.25, 0.3) is 0 Å². The number of hydrogen-bond donors (Lipinski definition) is 2. The Morgan fingerprint density at radius 2 is 1.79 bits per heavy atom. The lowest BCUT2D eigenvalue weighted by Crippen LogP contribution is -2.39. The first-order valence-corrected chi connectivity index (χ1v) is 12.5. The van der Waals surface area contributed by atoms with Crippen molar-refractivity contribution in [1.29, 1.82) is 0 Å². The number of halogens is 2. The fourth-order valence-corrected chi connectivity index (χ4v) is 3.80. The number of methoxy groups -OCH3 is 1. The summed E-state index contributed by atoms with van der Waals surface area (Å²) in [6.45, 7) is 1.04. The van der Waals surface area contributed by atoms with Gasteiger partial charge in [0.25, 0.3) is 5.91 Å². The molecule has 3 N–H and O–H groups in total. The predicted molar refractivity (Wildman–Crippen MR) is 135 cm³/mol. The van der Waals surface area contributed by atoms with Gasteiger partial charge in [-0.3, -0.25) is 9.59 Å². The molecule has 2 aromatic rings. The second kappa shape index (κ2) is 14.3. The van der Waals surface area contributed by atoms with Crippen LogP contribution in [-0.2, 0) is 20.9 Å². The van der Waals surface area contributed by atoms with Crippen molar-refractivity contribution < 1.29 is 19.1 Å². The van der Waals surface area contributed by atoms with Crippen LogP contribution < -0.4 is 15.8 Å². The van der Waals surface area contributed by atoms with E-state index >= 15 is 0 Å². The molecule has 2 amide bonds.